The number of benzene rings is 2. The Labute approximate surface area is 222 Å². The molecule has 0 aliphatic heterocycles. The van der Waals surface area contributed by atoms with Crippen molar-refractivity contribution in [3.05, 3.63) is 69.8 Å². The maximum atomic E-state index is 10.5. The molecule has 0 heterocycles. The third-order valence-corrected chi connectivity index (χ3v) is 3.39. The van der Waals surface area contributed by atoms with Crippen molar-refractivity contribution in [3.63, 3.8) is 0 Å². The molecule has 2 rings (SSSR count). The summed E-state index contributed by atoms with van der Waals surface area (Å²) in [4.78, 5) is 62.6. The van der Waals surface area contributed by atoms with Gasteiger partial charge in [-0.3, -0.25) is 0 Å². The van der Waals surface area contributed by atoms with E-state index in [4.69, 9.17) is 0 Å². The average molecular weight is 717 g/mol. The molecule has 0 atom stereocenters. The zero-order valence-electron chi connectivity index (χ0n) is 15.4. The van der Waals surface area contributed by atoms with Crippen LogP contribution in [0.3, 0.4) is 0 Å². The summed E-state index contributed by atoms with van der Waals surface area (Å²) < 4.78 is 0. The molecule has 0 radical (unpaired) electrons. The summed E-state index contributed by atoms with van der Waals surface area (Å²) >= 11 is 0. The van der Waals surface area contributed by atoms with E-state index in [1.165, 1.54) is 0 Å². The molecule has 0 saturated carbocycles. The Bertz CT molecular complexity index is 996. The molecule has 2 aromatic carbocycles. The molecule has 12 nitrogen and oxygen atoms in total. The van der Waals surface area contributed by atoms with Crippen LogP contribution in [0.1, 0.15) is 62.1 Å². The predicted octanol–water partition coefficient (Wildman–Crippen LogP) is -6.45. The van der Waals surface area contributed by atoms with Gasteiger partial charge in [-0.2, -0.15) is 0 Å². The van der Waals surface area contributed by atoms with Crippen LogP contribution in [-0.4, -0.2) is 35.8 Å². The molecule has 0 spiro atoms. The third-order valence-electron chi connectivity index (χ3n) is 3.39. The second-order valence-electron chi connectivity index (χ2n) is 5.25. The van der Waals surface area contributed by atoms with Crippen molar-refractivity contribution in [1.82, 2.24) is 0 Å². The fraction of sp³-hybridized carbons (Fsp3) is 0. The second-order valence-corrected chi connectivity index (χ2v) is 5.25. The maximum Gasteiger partial charge on any atom is 2.00 e. The van der Waals surface area contributed by atoms with Gasteiger partial charge in [0.25, 0.3) is 0 Å². The first-order valence-electron chi connectivity index (χ1n) is 7.43. The van der Waals surface area contributed by atoms with Crippen LogP contribution >= 0.6 is 0 Å². The van der Waals surface area contributed by atoms with Gasteiger partial charge in [-0.05, 0) is 23.3 Å². The van der Waals surface area contributed by atoms with Gasteiger partial charge in [0.15, 0.2) is 0 Å². The van der Waals surface area contributed by atoms with Crippen molar-refractivity contribution in [3.8, 4) is 0 Å². The van der Waals surface area contributed by atoms with Crippen LogP contribution in [0, 0.1) is 0 Å². The minimum Gasteiger partial charge on any atom is -0.545 e. The monoisotopic (exact) mass is 720 g/mol. The van der Waals surface area contributed by atoms with Crippen molar-refractivity contribution < 1.29 is 118 Å². The summed E-state index contributed by atoms with van der Waals surface area (Å²) in [6, 6.07) is 4.74. The molecule has 0 fully saturated rings. The Morgan fingerprint density at radius 3 is 0.818 bits per heavy atom. The fourth-order valence-electron chi connectivity index (χ4n) is 2.04. The van der Waals surface area contributed by atoms with Crippen LogP contribution in [0.25, 0.3) is 0 Å². The molecule has 15 heteroatoms. The van der Waals surface area contributed by atoms with Crippen LogP contribution in [0.15, 0.2) is 36.4 Å². The summed E-state index contributed by atoms with van der Waals surface area (Å²) in [5.74, 6) is -10.3. The van der Waals surface area contributed by atoms with Gasteiger partial charge < -0.3 is 59.4 Å². The van der Waals surface area contributed by atoms with Gasteiger partial charge in [-0.25, -0.2) is 0 Å². The predicted molar refractivity (Wildman–Crippen MR) is 78.9 cm³/mol. The van der Waals surface area contributed by atoms with Crippen LogP contribution in [0.2, 0.25) is 0 Å². The van der Waals surface area contributed by atoms with E-state index >= 15 is 0 Å². The number of carbonyl (C=O) groups is 6. The summed E-state index contributed by atoms with van der Waals surface area (Å²) in [6.45, 7) is 0. The SMILES string of the molecule is O=C([O-])c1ccc(C(=O)[O-])c(C(=O)[O-])c1.O=C([O-])c1ccc(C(=O)[O-])c(C(=O)[O-])c1.[Ru+2].[Ru+2].[Ru+2]. The van der Waals surface area contributed by atoms with Gasteiger partial charge >= 0.3 is 58.4 Å². The van der Waals surface area contributed by atoms with Gasteiger partial charge in [0.05, 0.1) is 35.8 Å². The van der Waals surface area contributed by atoms with E-state index in [0.717, 1.165) is 24.3 Å². The van der Waals surface area contributed by atoms with Crippen molar-refractivity contribution >= 4 is 35.8 Å². The first-order valence-corrected chi connectivity index (χ1v) is 7.43. The topological polar surface area (TPSA) is 241 Å². The van der Waals surface area contributed by atoms with Crippen LogP contribution in [0.5, 0.6) is 0 Å². The van der Waals surface area contributed by atoms with Gasteiger partial charge in [0.2, 0.25) is 0 Å². The Balaban J connectivity index is -0.000000500. The number of carboxylic acid groups (broad SMARTS) is 6. The molecule has 0 bridgehead atoms. The largest absolute Gasteiger partial charge is 2.00 e. The number of hydrogen-bond acceptors (Lipinski definition) is 12. The molecule has 2 aromatic rings. The first-order chi connectivity index (χ1) is 13.9. The van der Waals surface area contributed by atoms with E-state index in [1.54, 1.807) is 0 Å². The number of carboxylic acids is 6. The second kappa shape index (κ2) is 15.1. The van der Waals surface area contributed by atoms with Gasteiger partial charge in [0.1, 0.15) is 0 Å². The van der Waals surface area contributed by atoms with Crippen molar-refractivity contribution in [2.45, 2.75) is 0 Å². The molecule has 0 unspecified atom stereocenters. The molecule has 0 N–H and O–H groups in total. The first kappa shape index (κ1) is 34.7. The Hall–Kier alpha value is -2.87. The zero-order valence-corrected chi connectivity index (χ0v) is 20.6. The number of aromatic carboxylic acids is 6. The van der Waals surface area contributed by atoms with Crippen molar-refractivity contribution in [2.24, 2.45) is 0 Å². The minimum atomic E-state index is -1.79. The molecule has 0 aromatic heterocycles. The summed E-state index contributed by atoms with van der Waals surface area (Å²) in [5, 5.41) is 62.6. The minimum absolute atomic E-state index is 0. The zero-order chi connectivity index (χ0) is 23.2. The average Bonchev–Trinajstić information content (AvgIpc) is 2.67. The van der Waals surface area contributed by atoms with E-state index in [0.29, 0.717) is 12.1 Å². The van der Waals surface area contributed by atoms with E-state index in [2.05, 4.69) is 0 Å². The van der Waals surface area contributed by atoms with Crippen LogP contribution in [0.4, 0.5) is 0 Å². The number of carbonyl (C=O) groups excluding carboxylic acids is 6. The fourth-order valence-corrected chi connectivity index (χ4v) is 2.04. The van der Waals surface area contributed by atoms with Crippen molar-refractivity contribution in [1.29, 1.82) is 0 Å². The Kier molecular flexibility index (Phi) is 15.8. The molecular formula is C18H6O12Ru3. The van der Waals surface area contributed by atoms with E-state index in [9.17, 15) is 59.4 Å². The standard InChI is InChI=1S/2C9H6O6.3Ru/c2*10-7(11)4-1-2-5(8(12)13)6(3-4)9(14)15;;;/h2*1-3H,(H,10,11)(H,12,13)(H,14,15);;;/q;;3*+2/p-6. The molecule has 33 heavy (non-hydrogen) atoms. The summed E-state index contributed by atoms with van der Waals surface area (Å²) in [5.41, 5.74) is -3.67. The molecule has 0 saturated heterocycles. The smallest absolute Gasteiger partial charge is 0.545 e. The van der Waals surface area contributed by atoms with Crippen molar-refractivity contribution in [2.75, 3.05) is 0 Å². The summed E-state index contributed by atoms with van der Waals surface area (Å²) in [6.07, 6.45) is 0. The molecule has 0 aliphatic rings. The van der Waals surface area contributed by atoms with Gasteiger partial charge in [0, 0.05) is 22.3 Å². The Morgan fingerprint density at radius 1 is 0.394 bits per heavy atom. The number of hydrogen-bond donors (Lipinski definition) is 0. The molecule has 174 valence electrons. The van der Waals surface area contributed by atoms with Gasteiger partial charge in [-0.15, -0.1) is 0 Å². The normalized spacial score (nSPS) is 8.73. The third kappa shape index (κ3) is 9.65. The van der Waals surface area contributed by atoms with E-state index < -0.39 is 69.2 Å². The number of rotatable bonds is 6. The summed E-state index contributed by atoms with van der Waals surface area (Å²) in [7, 11) is 0. The maximum absolute atomic E-state index is 10.5. The van der Waals surface area contributed by atoms with Crippen LogP contribution < -0.4 is 30.6 Å². The molecule has 0 amide bonds. The van der Waals surface area contributed by atoms with E-state index in [1.807, 2.05) is 0 Å². The van der Waals surface area contributed by atoms with Gasteiger partial charge in [-0.1, -0.05) is 24.3 Å². The van der Waals surface area contributed by atoms with E-state index in [-0.39, 0.29) is 58.4 Å². The van der Waals surface area contributed by atoms with Crippen LogP contribution in [-0.2, 0) is 58.4 Å². The quantitative estimate of drug-likeness (QED) is 0.254. The Morgan fingerprint density at radius 2 is 0.636 bits per heavy atom. The molecule has 0 aliphatic carbocycles. The molecular weight excluding hydrogens is 711 g/mol.